The Morgan fingerprint density at radius 1 is 1.07 bits per heavy atom. The predicted octanol–water partition coefficient (Wildman–Crippen LogP) is 4.48. The summed E-state index contributed by atoms with van der Waals surface area (Å²) in [4.78, 5) is 29.8. The first-order valence-electron chi connectivity index (χ1n) is 11.7. The Morgan fingerprint density at radius 2 is 1.72 bits per heavy atom. The Balaban J connectivity index is 1.47. The molecule has 1 saturated carbocycles. The van der Waals surface area contributed by atoms with Crippen LogP contribution < -0.4 is 0 Å². The summed E-state index contributed by atoms with van der Waals surface area (Å²) in [6.07, 6.45) is 8.35. The maximum Gasteiger partial charge on any atom is 0.225 e. The number of carbonyl (C=O) groups is 2. The molecule has 1 spiro atoms. The average molecular weight is 397 g/mol. The van der Waals surface area contributed by atoms with Gasteiger partial charge >= 0.3 is 0 Å². The Kier molecular flexibility index (Phi) is 5.98. The van der Waals surface area contributed by atoms with Gasteiger partial charge in [0.1, 0.15) is 0 Å². The number of nitrogens with zero attached hydrogens (tertiary/aromatic N) is 2. The first-order valence-corrected chi connectivity index (χ1v) is 11.7. The van der Waals surface area contributed by atoms with Crippen molar-refractivity contribution in [1.82, 2.24) is 9.80 Å². The molecule has 1 saturated heterocycles. The van der Waals surface area contributed by atoms with Crippen LogP contribution in [0.15, 0.2) is 24.3 Å². The molecule has 2 fully saturated rings. The number of rotatable bonds is 5. The van der Waals surface area contributed by atoms with Crippen molar-refractivity contribution in [3.63, 3.8) is 0 Å². The Morgan fingerprint density at radius 3 is 2.38 bits per heavy atom. The first-order chi connectivity index (χ1) is 14.1. The summed E-state index contributed by atoms with van der Waals surface area (Å²) in [6.45, 7) is 7.44. The van der Waals surface area contributed by atoms with E-state index in [0.717, 1.165) is 58.3 Å². The molecule has 1 atom stereocenters. The molecule has 4 nitrogen and oxygen atoms in total. The zero-order chi connectivity index (χ0) is 20.4. The van der Waals surface area contributed by atoms with E-state index in [0.29, 0.717) is 18.2 Å². The maximum atomic E-state index is 12.9. The number of carbonyl (C=O) groups excluding carboxylic acids is 2. The Labute approximate surface area is 175 Å². The van der Waals surface area contributed by atoms with Crippen molar-refractivity contribution in [2.24, 2.45) is 5.92 Å². The highest BCUT2D eigenvalue weighted by molar-refractivity contribution is 5.79. The molecule has 4 heteroatoms. The molecule has 158 valence electrons. The number of benzene rings is 1. The second-order valence-electron chi connectivity index (χ2n) is 9.35. The van der Waals surface area contributed by atoms with E-state index in [2.05, 4.69) is 43.0 Å². The van der Waals surface area contributed by atoms with Gasteiger partial charge in [0.25, 0.3) is 0 Å². The first kappa shape index (κ1) is 20.4. The summed E-state index contributed by atoms with van der Waals surface area (Å²) in [5, 5.41) is 0. The van der Waals surface area contributed by atoms with Gasteiger partial charge in [-0.1, -0.05) is 37.1 Å². The molecule has 2 aliphatic carbocycles. The number of amides is 2. The van der Waals surface area contributed by atoms with Crippen molar-refractivity contribution in [2.75, 3.05) is 26.2 Å². The van der Waals surface area contributed by atoms with Crippen LogP contribution in [0.5, 0.6) is 0 Å². The van der Waals surface area contributed by atoms with Crippen LogP contribution in [0, 0.1) is 5.92 Å². The second kappa shape index (κ2) is 8.49. The zero-order valence-electron chi connectivity index (χ0n) is 18.2. The number of hydrogen-bond donors (Lipinski definition) is 0. The third kappa shape index (κ3) is 3.83. The smallest absolute Gasteiger partial charge is 0.225 e. The van der Waals surface area contributed by atoms with Gasteiger partial charge in [0.15, 0.2) is 0 Å². The summed E-state index contributed by atoms with van der Waals surface area (Å²) in [5.41, 5.74) is 2.98. The van der Waals surface area contributed by atoms with Crippen molar-refractivity contribution in [3.8, 4) is 0 Å². The minimum Gasteiger partial charge on any atom is -0.343 e. The fourth-order valence-corrected chi connectivity index (χ4v) is 6.19. The van der Waals surface area contributed by atoms with Crippen LogP contribution in [0.3, 0.4) is 0 Å². The summed E-state index contributed by atoms with van der Waals surface area (Å²) in [7, 11) is 0. The molecule has 4 rings (SSSR count). The van der Waals surface area contributed by atoms with Gasteiger partial charge in [0.05, 0.1) is 0 Å². The molecule has 0 aromatic heterocycles. The van der Waals surface area contributed by atoms with Gasteiger partial charge in [0, 0.05) is 38.5 Å². The van der Waals surface area contributed by atoms with E-state index in [1.165, 1.54) is 24.0 Å². The van der Waals surface area contributed by atoms with E-state index < -0.39 is 0 Å². The Bertz CT molecular complexity index is 741. The normalized spacial score (nSPS) is 23.4. The van der Waals surface area contributed by atoms with E-state index in [1.54, 1.807) is 0 Å². The molecule has 1 aliphatic heterocycles. The highest BCUT2D eigenvalue weighted by Crippen LogP contribution is 2.53. The molecule has 0 radical (unpaired) electrons. The number of piperidine rings is 1. The minimum atomic E-state index is 0.150. The second-order valence-corrected chi connectivity index (χ2v) is 9.35. The van der Waals surface area contributed by atoms with Gasteiger partial charge in [0.2, 0.25) is 11.8 Å². The van der Waals surface area contributed by atoms with E-state index in [4.69, 9.17) is 0 Å². The summed E-state index contributed by atoms with van der Waals surface area (Å²) < 4.78 is 0. The molecule has 0 N–H and O–H groups in total. The topological polar surface area (TPSA) is 40.6 Å². The third-order valence-corrected chi connectivity index (χ3v) is 7.88. The van der Waals surface area contributed by atoms with Gasteiger partial charge in [-0.25, -0.2) is 0 Å². The van der Waals surface area contributed by atoms with Crippen molar-refractivity contribution in [3.05, 3.63) is 35.4 Å². The molecule has 29 heavy (non-hydrogen) atoms. The molecule has 3 aliphatic rings. The van der Waals surface area contributed by atoms with Crippen molar-refractivity contribution in [1.29, 1.82) is 0 Å². The maximum absolute atomic E-state index is 12.9. The Hall–Kier alpha value is -1.84. The van der Waals surface area contributed by atoms with Crippen LogP contribution in [0.2, 0.25) is 0 Å². The van der Waals surface area contributed by atoms with E-state index in [9.17, 15) is 9.59 Å². The fourth-order valence-electron chi connectivity index (χ4n) is 6.19. The van der Waals surface area contributed by atoms with Gasteiger partial charge in [-0.3, -0.25) is 9.59 Å². The summed E-state index contributed by atoms with van der Waals surface area (Å²) in [6, 6.07) is 8.78. The van der Waals surface area contributed by atoms with Crippen LogP contribution >= 0.6 is 0 Å². The van der Waals surface area contributed by atoms with Gasteiger partial charge in [-0.2, -0.15) is 0 Å². The van der Waals surface area contributed by atoms with Crippen LogP contribution in [-0.4, -0.2) is 47.8 Å². The van der Waals surface area contributed by atoms with Gasteiger partial charge in [-0.15, -0.1) is 0 Å². The summed E-state index contributed by atoms with van der Waals surface area (Å²) in [5.74, 6) is 1.27. The lowest BCUT2D eigenvalue weighted by Gasteiger charge is -2.41. The third-order valence-electron chi connectivity index (χ3n) is 7.88. The summed E-state index contributed by atoms with van der Waals surface area (Å²) >= 11 is 0. The lowest BCUT2D eigenvalue weighted by molar-refractivity contribution is -0.137. The molecule has 1 aromatic rings. The standard InChI is InChI=1S/C25H36N2O2/c1-3-26(4-2)23(28)17-20-18-25(22-12-8-7-11-21(20)22)13-15-27(16-14-25)24(29)19-9-5-6-10-19/h7-8,11-12,19-20H,3-6,9-10,13-18H2,1-2H3. The molecular formula is C25H36N2O2. The van der Waals surface area contributed by atoms with Crippen molar-refractivity contribution in [2.45, 2.75) is 76.5 Å². The average Bonchev–Trinajstić information content (AvgIpc) is 3.37. The van der Waals surface area contributed by atoms with E-state index in [1.807, 2.05) is 4.90 Å². The van der Waals surface area contributed by atoms with Crippen LogP contribution in [0.4, 0.5) is 0 Å². The number of likely N-dealkylation sites (tertiary alicyclic amines) is 1. The lowest BCUT2D eigenvalue weighted by Crippen LogP contribution is -2.46. The van der Waals surface area contributed by atoms with Crippen molar-refractivity contribution >= 4 is 11.8 Å². The van der Waals surface area contributed by atoms with Gasteiger partial charge < -0.3 is 9.80 Å². The molecule has 0 bridgehead atoms. The lowest BCUT2D eigenvalue weighted by atomic mass is 9.73. The monoisotopic (exact) mass is 396 g/mol. The SMILES string of the molecule is CCN(CC)C(=O)CC1CC2(CCN(C(=O)C3CCCC3)CC2)c2ccccc21. The number of hydrogen-bond acceptors (Lipinski definition) is 2. The molecule has 2 amide bonds. The predicted molar refractivity (Wildman–Crippen MR) is 116 cm³/mol. The van der Waals surface area contributed by atoms with Crippen LogP contribution in [-0.2, 0) is 15.0 Å². The molecule has 1 heterocycles. The zero-order valence-corrected chi connectivity index (χ0v) is 18.2. The molecular weight excluding hydrogens is 360 g/mol. The van der Waals surface area contributed by atoms with Crippen LogP contribution in [0.25, 0.3) is 0 Å². The minimum absolute atomic E-state index is 0.150. The van der Waals surface area contributed by atoms with E-state index in [-0.39, 0.29) is 17.2 Å². The molecule has 1 unspecified atom stereocenters. The highest BCUT2D eigenvalue weighted by Gasteiger charge is 2.46. The fraction of sp³-hybridized carbons (Fsp3) is 0.680. The van der Waals surface area contributed by atoms with Gasteiger partial charge in [-0.05, 0) is 68.4 Å². The molecule has 1 aromatic carbocycles. The largest absolute Gasteiger partial charge is 0.343 e. The van der Waals surface area contributed by atoms with Crippen LogP contribution in [0.1, 0.15) is 82.3 Å². The number of fused-ring (bicyclic) bond motifs is 2. The highest BCUT2D eigenvalue weighted by atomic mass is 16.2. The van der Waals surface area contributed by atoms with E-state index >= 15 is 0 Å². The quantitative estimate of drug-likeness (QED) is 0.736. The van der Waals surface area contributed by atoms with Crippen molar-refractivity contribution < 1.29 is 9.59 Å².